The monoisotopic (exact) mass is 331 g/mol. The molecular weight excluding hydrogens is 313 g/mol. The van der Waals surface area contributed by atoms with Crippen molar-refractivity contribution in [2.45, 2.75) is 13.0 Å². The van der Waals surface area contributed by atoms with E-state index in [1.54, 1.807) is 41.3 Å². The van der Waals surface area contributed by atoms with Gasteiger partial charge in [-0.2, -0.15) is 0 Å². The Hall–Kier alpha value is -2.89. The molecule has 0 bridgehead atoms. The van der Waals surface area contributed by atoms with Crippen LogP contribution >= 0.6 is 0 Å². The zero-order valence-electron chi connectivity index (χ0n) is 13.2. The largest absolute Gasteiger partial charge is 0.481 e. The van der Waals surface area contributed by atoms with Gasteiger partial charge in [0.25, 0.3) is 0 Å². The van der Waals surface area contributed by atoms with Crippen molar-refractivity contribution in [3.05, 3.63) is 65.5 Å². The van der Waals surface area contributed by atoms with Crippen LogP contribution in [0.4, 0.5) is 10.1 Å². The van der Waals surface area contributed by atoms with Crippen molar-refractivity contribution in [2.24, 2.45) is 0 Å². The molecule has 0 amide bonds. The molecule has 6 heteroatoms. The molecule has 0 heterocycles. The number of methoxy groups -OCH3 is 1. The van der Waals surface area contributed by atoms with Gasteiger partial charge in [0.1, 0.15) is 5.82 Å². The van der Waals surface area contributed by atoms with E-state index in [-0.39, 0.29) is 19.5 Å². The molecule has 0 fully saturated rings. The fourth-order valence-corrected chi connectivity index (χ4v) is 2.38. The molecule has 0 unspecified atom stereocenters. The zero-order chi connectivity index (χ0) is 17.5. The molecule has 1 N–H and O–H groups in total. The van der Waals surface area contributed by atoms with Gasteiger partial charge in [0, 0.05) is 18.8 Å². The fourth-order valence-electron chi connectivity index (χ4n) is 2.38. The Balaban J connectivity index is 2.32. The minimum absolute atomic E-state index is 0.100. The normalized spacial score (nSPS) is 10.2. The number of halogens is 1. The smallest absolute Gasteiger partial charge is 0.338 e. The first-order chi connectivity index (χ1) is 11.5. The summed E-state index contributed by atoms with van der Waals surface area (Å²) >= 11 is 0. The number of hydrogen-bond acceptors (Lipinski definition) is 4. The van der Waals surface area contributed by atoms with E-state index in [0.717, 1.165) is 0 Å². The molecule has 0 radical (unpaired) electrons. The maximum Gasteiger partial charge on any atom is 0.338 e. The first-order valence-corrected chi connectivity index (χ1v) is 7.40. The standard InChI is InChI=1S/C18H18FNO4/c1-24-18(23)16-8-3-2-5-13(16)12-20(10-9-17(21)22)15-7-4-6-14(19)11-15/h2-8,11H,9-10,12H2,1H3,(H,21,22). The van der Waals surface area contributed by atoms with E-state index in [9.17, 15) is 14.0 Å². The second-order valence-corrected chi connectivity index (χ2v) is 5.19. The van der Waals surface area contributed by atoms with Crippen LogP contribution < -0.4 is 4.90 Å². The fraction of sp³-hybridized carbons (Fsp3) is 0.222. The van der Waals surface area contributed by atoms with Crippen LogP contribution in [0.3, 0.4) is 0 Å². The van der Waals surface area contributed by atoms with Gasteiger partial charge in [0.15, 0.2) is 0 Å². The predicted molar refractivity (Wildman–Crippen MR) is 87.5 cm³/mol. The molecular formula is C18H18FNO4. The number of hydrogen-bond donors (Lipinski definition) is 1. The number of carbonyl (C=O) groups is 2. The van der Waals surface area contributed by atoms with Crippen molar-refractivity contribution in [1.29, 1.82) is 0 Å². The number of nitrogens with zero attached hydrogens (tertiary/aromatic N) is 1. The number of aliphatic carboxylic acids is 1. The highest BCUT2D eigenvalue weighted by atomic mass is 19.1. The maximum absolute atomic E-state index is 13.5. The van der Waals surface area contributed by atoms with E-state index >= 15 is 0 Å². The molecule has 126 valence electrons. The Labute approximate surface area is 139 Å². The summed E-state index contributed by atoms with van der Waals surface area (Å²) in [6.45, 7) is 0.455. The lowest BCUT2D eigenvalue weighted by Gasteiger charge is -2.25. The van der Waals surface area contributed by atoms with Gasteiger partial charge in [0.2, 0.25) is 0 Å². The molecule has 0 aliphatic heterocycles. The van der Waals surface area contributed by atoms with E-state index in [0.29, 0.717) is 16.8 Å². The second-order valence-electron chi connectivity index (χ2n) is 5.19. The molecule has 2 aromatic rings. The van der Waals surface area contributed by atoms with Crippen LogP contribution in [-0.2, 0) is 16.1 Å². The molecule has 0 saturated heterocycles. The van der Waals surface area contributed by atoms with Gasteiger partial charge in [-0.3, -0.25) is 4.79 Å². The van der Waals surface area contributed by atoms with Crippen molar-refractivity contribution < 1.29 is 23.8 Å². The first-order valence-electron chi connectivity index (χ1n) is 7.40. The van der Waals surface area contributed by atoms with Gasteiger partial charge in [-0.1, -0.05) is 24.3 Å². The number of carboxylic acid groups (broad SMARTS) is 1. The average Bonchev–Trinajstić information content (AvgIpc) is 2.58. The topological polar surface area (TPSA) is 66.8 Å². The van der Waals surface area contributed by atoms with Crippen molar-refractivity contribution in [3.63, 3.8) is 0 Å². The molecule has 2 rings (SSSR count). The van der Waals surface area contributed by atoms with E-state index in [2.05, 4.69) is 0 Å². The van der Waals surface area contributed by atoms with E-state index in [4.69, 9.17) is 9.84 Å². The quantitative estimate of drug-likeness (QED) is 0.790. The van der Waals surface area contributed by atoms with Crippen LogP contribution in [0.5, 0.6) is 0 Å². The summed E-state index contributed by atoms with van der Waals surface area (Å²) in [7, 11) is 1.30. The van der Waals surface area contributed by atoms with Crippen LogP contribution in [0.25, 0.3) is 0 Å². The van der Waals surface area contributed by atoms with Gasteiger partial charge in [-0.05, 0) is 29.8 Å². The van der Waals surface area contributed by atoms with Crippen molar-refractivity contribution >= 4 is 17.6 Å². The van der Waals surface area contributed by atoms with Crippen LogP contribution in [0.15, 0.2) is 48.5 Å². The molecule has 0 aliphatic rings. The molecule has 0 aliphatic carbocycles. The molecule has 2 aromatic carbocycles. The summed E-state index contributed by atoms with van der Waals surface area (Å²) in [6, 6.07) is 12.8. The van der Waals surface area contributed by atoms with Crippen LogP contribution in [-0.4, -0.2) is 30.7 Å². The Kier molecular flexibility index (Phi) is 5.89. The number of esters is 1. The number of benzene rings is 2. The third-order valence-electron chi connectivity index (χ3n) is 3.55. The van der Waals surface area contributed by atoms with Gasteiger partial charge in [0.05, 0.1) is 19.1 Å². The van der Waals surface area contributed by atoms with Gasteiger partial charge in [-0.15, -0.1) is 0 Å². The first kappa shape index (κ1) is 17.5. The molecule has 24 heavy (non-hydrogen) atoms. The molecule has 0 aromatic heterocycles. The Morgan fingerprint density at radius 2 is 1.92 bits per heavy atom. The lowest BCUT2D eigenvalue weighted by molar-refractivity contribution is -0.136. The minimum Gasteiger partial charge on any atom is -0.481 e. The summed E-state index contributed by atoms with van der Waals surface area (Å²) in [4.78, 5) is 24.5. The second kappa shape index (κ2) is 8.10. The summed E-state index contributed by atoms with van der Waals surface area (Å²) in [5, 5.41) is 8.94. The van der Waals surface area contributed by atoms with Crippen LogP contribution in [0, 0.1) is 5.82 Å². The molecule has 0 atom stereocenters. The molecule has 0 saturated carbocycles. The summed E-state index contributed by atoms with van der Waals surface area (Å²) < 4.78 is 18.3. The van der Waals surface area contributed by atoms with E-state index < -0.39 is 17.8 Å². The lowest BCUT2D eigenvalue weighted by atomic mass is 10.1. The van der Waals surface area contributed by atoms with E-state index in [1.807, 2.05) is 0 Å². The number of ether oxygens (including phenoxy) is 1. The number of anilines is 1. The van der Waals surface area contributed by atoms with Gasteiger partial charge >= 0.3 is 11.9 Å². The Morgan fingerprint density at radius 1 is 1.17 bits per heavy atom. The SMILES string of the molecule is COC(=O)c1ccccc1CN(CCC(=O)O)c1cccc(F)c1. The maximum atomic E-state index is 13.5. The zero-order valence-corrected chi connectivity index (χ0v) is 13.2. The van der Waals surface area contributed by atoms with Crippen molar-refractivity contribution in [2.75, 3.05) is 18.6 Å². The Morgan fingerprint density at radius 3 is 2.58 bits per heavy atom. The highest BCUT2D eigenvalue weighted by molar-refractivity contribution is 5.91. The minimum atomic E-state index is -0.947. The number of carboxylic acids is 1. The molecule has 5 nitrogen and oxygen atoms in total. The number of carbonyl (C=O) groups excluding carboxylic acids is 1. The summed E-state index contributed by atoms with van der Waals surface area (Å²) in [5.41, 5.74) is 1.63. The predicted octanol–water partition coefficient (Wildman–Crippen LogP) is 3.09. The van der Waals surface area contributed by atoms with Crippen LogP contribution in [0.2, 0.25) is 0 Å². The molecule has 0 spiro atoms. The lowest BCUT2D eigenvalue weighted by Crippen LogP contribution is -2.26. The van der Waals surface area contributed by atoms with Gasteiger partial charge < -0.3 is 14.7 Å². The van der Waals surface area contributed by atoms with Gasteiger partial charge in [-0.25, -0.2) is 9.18 Å². The third kappa shape index (κ3) is 4.55. The summed E-state index contributed by atoms with van der Waals surface area (Å²) in [6.07, 6.45) is -0.100. The number of rotatable bonds is 7. The highest BCUT2D eigenvalue weighted by Gasteiger charge is 2.16. The Bertz CT molecular complexity index is 732. The summed E-state index contributed by atoms with van der Waals surface area (Å²) in [5.74, 6) is -1.82. The highest BCUT2D eigenvalue weighted by Crippen LogP contribution is 2.21. The third-order valence-corrected chi connectivity index (χ3v) is 3.55. The van der Waals surface area contributed by atoms with E-state index in [1.165, 1.54) is 19.2 Å². The van der Waals surface area contributed by atoms with Crippen molar-refractivity contribution in [3.8, 4) is 0 Å². The average molecular weight is 331 g/mol. The van der Waals surface area contributed by atoms with Crippen LogP contribution in [0.1, 0.15) is 22.3 Å². The van der Waals surface area contributed by atoms with Crippen molar-refractivity contribution in [1.82, 2.24) is 0 Å².